The molecule has 34 heavy (non-hydrogen) atoms. The number of benzene rings is 3. The van der Waals surface area contributed by atoms with Crippen molar-refractivity contribution >= 4 is 33.3 Å². The normalized spacial score (nSPS) is 10.9. The molecule has 0 unspecified atom stereocenters. The second-order valence-corrected chi connectivity index (χ2v) is 9.38. The quantitative estimate of drug-likeness (QED) is 0.404. The Morgan fingerprint density at radius 2 is 1.68 bits per heavy atom. The molecule has 8 nitrogen and oxygen atoms in total. The first-order valence-electron chi connectivity index (χ1n) is 10.7. The van der Waals surface area contributed by atoms with Crippen molar-refractivity contribution in [2.45, 2.75) is 20.3 Å². The summed E-state index contributed by atoms with van der Waals surface area (Å²) in [6.07, 6.45) is 0.464. The van der Waals surface area contributed by atoms with Gasteiger partial charge in [-0.1, -0.05) is 42.8 Å². The average molecular weight is 483 g/mol. The van der Waals surface area contributed by atoms with Crippen LogP contribution in [-0.4, -0.2) is 32.7 Å². The van der Waals surface area contributed by atoms with E-state index in [1.165, 1.54) is 24.3 Å². The molecule has 178 valence electrons. The van der Waals surface area contributed by atoms with E-state index in [1.54, 1.807) is 31.2 Å². The van der Waals surface area contributed by atoms with Crippen molar-refractivity contribution in [2.24, 2.45) is 0 Å². The first kappa shape index (κ1) is 24.8. The molecule has 0 saturated carbocycles. The van der Waals surface area contributed by atoms with Gasteiger partial charge in [-0.2, -0.15) is 0 Å². The van der Waals surface area contributed by atoms with E-state index in [1.807, 2.05) is 31.2 Å². The Morgan fingerprint density at radius 1 is 0.941 bits per heavy atom. The van der Waals surface area contributed by atoms with E-state index in [9.17, 15) is 18.0 Å². The number of para-hydroxylation sites is 2. The van der Waals surface area contributed by atoms with Gasteiger partial charge in [0.15, 0.2) is 12.4 Å². The fraction of sp³-hybridized carbons (Fsp3) is 0.200. The van der Waals surface area contributed by atoms with Crippen molar-refractivity contribution < 1.29 is 27.5 Å². The van der Waals surface area contributed by atoms with Crippen LogP contribution in [0.1, 0.15) is 29.3 Å². The van der Waals surface area contributed by atoms with Crippen LogP contribution >= 0.6 is 0 Å². The number of anilines is 2. The number of carbonyl (C=O) groups excluding carboxylic acids is 2. The number of nitrogens with one attached hydrogen (secondary N) is 2. The third kappa shape index (κ3) is 7.35. The fourth-order valence-corrected chi connectivity index (χ4v) is 4.13. The van der Waals surface area contributed by atoms with E-state index in [0.717, 1.165) is 5.56 Å². The van der Waals surface area contributed by atoms with E-state index < -0.39 is 28.5 Å². The van der Waals surface area contributed by atoms with Crippen LogP contribution in [0.3, 0.4) is 0 Å². The van der Waals surface area contributed by atoms with Crippen LogP contribution < -0.4 is 14.8 Å². The van der Waals surface area contributed by atoms with Crippen molar-refractivity contribution in [2.75, 3.05) is 22.4 Å². The molecule has 3 rings (SSSR count). The fourth-order valence-electron chi connectivity index (χ4n) is 3.00. The second-order valence-electron chi connectivity index (χ2n) is 7.54. The van der Waals surface area contributed by atoms with Gasteiger partial charge in [-0.25, -0.2) is 13.2 Å². The summed E-state index contributed by atoms with van der Waals surface area (Å²) >= 11 is 0. The smallest absolute Gasteiger partial charge is 0.338 e. The number of aryl methyl sites for hydroxylation is 1. The van der Waals surface area contributed by atoms with Crippen LogP contribution in [0.4, 0.5) is 11.4 Å². The number of carbonyl (C=O) groups is 2. The molecule has 0 spiro atoms. The highest BCUT2D eigenvalue weighted by atomic mass is 32.2. The minimum absolute atomic E-state index is 0.0308. The van der Waals surface area contributed by atoms with Gasteiger partial charge in [0.2, 0.25) is 10.0 Å². The Labute approximate surface area is 199 Å². The number of ether oxygens (including phenoxy) is 2. The van der Waals surface area contributed by atoms with Crippen molar-refractivity contribution in [1.82, 2.24) is 0 Å². The van der Waals surface area contributed by atoms with Crippen LogP contribution in [0.5, 0.6) is 11.5 Å². The molecular weight excluding hydrogens is 456 g/mol. The molecule has 0 fully saturated rings. The minimum atomic E-state index is -3.49. The standard InChI is InChI=1S/C25H26N2O6S/c1-3-15-34(30,31)27-20-8-6-7-19(16-20)25(29)32-17-24(28)26-22-9-4-5-10-23(22)33-21-13-11-18(2)12-14-21/h4-14,16,27H,3,15,17H2,1-2H3,(H,26,28). The number of hydrogen-bond donors (Lipinski definition) is 2. The lowest BCUT2D eigenvalue weighted by Gasteiger charge is -2.13. The van der Waals surface area contributed by atoms with Gasteiger partial charge in [-0.05, 0) is 55.8 Å². The van der Waals surface area contributed by atoms with Crippen LogP contribution in [0.15, 0.2) is 72.8 Å². The van der Waals surface area contributed by atoms with Gasteiger partial charge in [0, 0.05) is 5.69 Å². The maximum Gasteiger partial charge on any atom is 0.338 e. The van der Waals surface area contributed by atoms with E-state index >= 15 is 0 Å². The molecule has 0 aliphatic heterocycles. The van der Waals surface area contributed by atoms with Crippen molar-refractivity contribution in [3.8, 4) is 11.5 Å². The minimum Gasteiger partial charge on any atom is -0.455 e. The van der Waals surface area contributed by atoms with Crippen LogP contribution in [0, 0.1) is 6.92 Å². The predicted octanol–water partition coefficient (Wildman–Crippen LogP) is 4.73. The molecule has 2 N–H and O–H groups in total. The zero-order chi connectivity index (χ0) is 24.6. The first-order valence-corrected chi connectivity index (χ1v) is 12.3. The number of hydrogen-bond acceptors (Lipinski definition) is 6. The molecule has 0 aromatic heterocycles. The Balaban J connectivity index is 1.59. The second kappa shape index (κ2) is 11.3. The number of amides is 1. The number of rotatable bonds is 10. The third-order valence-corrected chi connectivity index (χ3v) is 6.08. The van der Waals surface area contributed by atoms with Gasteiger partial charge < -0.3 is 14.8 Å². The maximum absolute atomic E-state index is 12.4. The van der Waals surface area contributed by atoms with Crippen LogP contribution in [-0.2, 0) is 19.6 Å². The maximum atomic E-state index is 12.4. The lowest BCUT2D eigenvalue weighted by atomic mass is 10.2. The van der Waals surface area contributed by atoms with E-state index in [4.69, 9.17) is 9.47 Å². The lowest BCUT2D eigenvalue weighted by Crippen LogP contribution is -2.21. The lowest BCUT2D eigenvalue weighted by molar-refractivity contribution is -0.119. The largest absolute Gasteiger partial charge is 0.455 e. The van der Waals surface area contributed by atoms with Crippen molar-refractivity contribution in [3.05, 3.63) is 83.9 Å². The van der Waals surface area contributed by atoms with Crippen molar-refractivity contribution in [1.29, 1.82) is 0 Å². The summed E-state index contributed by atoms with van der Waals surface area (Å²) in [6.45, 7) is 3.20. The van der Waals surface area contributed by atoms with E-state index in [-0.39, 0.29) is 17.0 Å². The van der Waals surface area contributed by atoms with Gasteiger partial charge in [0.25, 0.3) is 5.91 Å². The summed E-state index contributed by atoms with van der Waals surface area (Å²) in [4.78, 5) is 24.8. The molecule has 0 aliphatic carbocycles. The third-order valence-electron chi connectivity index (χ3n) is 4.59. The molecule has 1 amide bonds. The van der Waals surface area contributed by atoms with Crippen LogP contribution in [0.2, 0.25) is 0 Å². The molecule has 0 saturated heterocycles. The summed E-state index contributed by atoms with van der Waals surface area (Å²) in [6, 6.07) is 20.3. The highest BCUT2D eigenvalue weighted by Crippen LogP contribution is 2.29. The van der Waals surface area contributed by atoms with E-state index in [2.05, 4.69) is 10.0 Å². The Kier molecular flexibility index (Phi) is 8.26. The van der Waals surface area contributed by atoms with Gasteiger partial charge in [-0.3, -0.25) is 9.52 Å². The molecular formula is C25H26N2O6S. The zero-order valence-electron chi connectivity index (χ0n) is 18.9. The Morgan fingerprint density at radius 3 is 2.41 bits per heavy atom. The predicted molar refractivity (Wildman–Crippen MR) is 131 cm³/mol. The van der Waals surface area contributed by atoms with Crippen LogP contribution in [0.25, 0.3) is 0 Å². The topological polar surface area (TPSA) is 111 Å². The SMILES string of the molecule is CCCS(=O)(=O)Nc1cccc(C(=O)OCC(=O)Nc2ccccc2Oc2ccc(C)cc2)c1. The molecule has 0 radical (unpaired) electrons. The molecule has 0 heterocycles. The van der Waals surface area contributed by atoms with Gasteiger partial charge in [-0.15, -0.1) is 0 Å². The monoisotopic (exact) mass is 482 g/mol. The molecule has 0 bridgehead atoms. The summed E-state index contributed by atoms with van der Waals surface area (Å²) in [5.74, 6) is -0.271. The Bertz CT molecular complexity index is 1260. The number of sulfonamides is 1. The first-order chi connectivity index (χ1) is 16.3. The van der Waals surface area contributed by atoms with Gasteiger partial charge >= 0.3 is 5.97 Å². The molecule has 3 aromatic carbocycles. The van der Waals surface area contributed by atoms with Crippen molar-refractivity contribution in [3.63, 3.8) is 0 Å². The summed E-state index contributed by atoms with van der Waals surface area (Å²) in [5, 5.41) is 2.67. The van der Waals surface area contributed by atoms with Gasteiger partial charge in [0.1, 0.15) is 5.75 Å². The van der Waals surface area contributed by atoms with Gasteiger partial charge in [0.05, 0.1) is 17.0 Å². The Hall–Kier alpha value is -3.85. The number of esters is 1. The molecule has 9 heteroatoms. The average Bonchev–Trinajstić information content (AvgIpc) is 2.80. The summed E-state index contributed by atoms with van der Waals surface area (Å²) < 4.78 is 37.2. The summed E-state index contributed by atoms with van der Waals surface area (Å²) in [5.41, 5.74) is 1.89. The highest BCUT2D eigenvalue weighted by molar-refractivity contribution is 7.92. The molecule has 0 aliphatic rings. The summed E-state index contributed by atoms with van der Waals surface area (Å²) in [7, 11) is -3.49. The van der Waals surface area contributed by atoms with E-state index in [0.29, 0.717) is 23.6 Å². The molecule has 3 aromatic rings. The zero-order valence-corrected chi connectivity index (χ0v) is 19.7. The highest BCUT2D eigenvalue weighted by Gasteiger charge is 2.15. The molecule has 0 atom stereocenters.